The summed E-state index contributed by atoms with van der Waals surface area (Å²) in [5, 5.41) is 11.1. The van der Waals surface area contributed by atoms with E-state index in [0.717, 1.165) is 10.1 Å². The van der Waals surface area contributed by atoms with E-state index in [1.807, 2.05) is 13.0 Å². The van der Waals surface area contributed by atoms with Crippen LogP contribution in [0.25, 0.3) is 0 Å². The lowest BCUT2D eigenvalue weighted by Crippen LogP contribution is -2.16. The van der Waals surface area contributed by atoms with E-state index in [9.17, 15) is 9.59 Å². The van der Waals surface area contributed by atoms with Crippen LogP contribution in [0.1, 0.15) is 33.2 Å². The number of amides is 1. The number of rotatable bonds is 6. The van der Waals surface area contributed by atoms with E-state index >= 15 is 0 Å². The molecule has 0 atom stereocenters. The molecule has 0 saturated heterocycles. The first kappa shape index (κ1) is 17.3. The smallest absolute Gasteiger partial charge is 0.258 e. The lowest BCUT2D eigenvalue weighted by atomic mass is 9.98. The first-order chi connectivity index (χ1) is 12.2. The molecule has 0 unspecified atom stereocenters. The highest BCUT2D eigenvalue weighted by Gasteiger charge is 2.19. The Morgan fingerprint density at radius 3 is 2.40 bits per heavy atom. The van der Waals surface area contributed by atoms with E-state index in [1.165, 1.54) is 11.3 Å². The predicted molar refractivity (Wildman–Crippen MR) is 101 cm³/mol. The van der Waals surface area contributed by atoms with Crippen LogP contribution in [0.3, 0.4) is 0 Å². The molecule has 3 aromatic rings. The summed E-state index contributed by atoms with van der Waals surface area (Å²) in [6.45, 7) is 2.02. The number of aromatic nitrogens is 2. The number of nitrogens with zero attached hydrogens (tertiary/aromatic N) is 2. The second-order valence-electron chi connectivity index (χ2n) is 5.00. The number of thioether (sulfide) groups is 1. The summed E-state index contributed by atoms with van der Waals surface area (Å²) in [6, 6.07) is 15.7. The fourth-order valence-electron chi connectivity index (χ4n) is 2.23. The Bertz CT molecular complexity index is 894. The molecule has 1 N–H and O–H groups in total. The van der Waals surface area contributed by atoms with Gasteiger partial charge in [-0.05, 0) is 11.8 Å². The van der Waals surface area contributed by atoms with Crippen LogP contribution in [-0.4, -0.2) is 27.6 Å². The summed E-state index contributed by atoms with van der Waals surface area (Å²) in [5.41, 5.74) is 1.22. The topological polar surface area (TPSA) is 72.0 Å². The fraction of sp³-hybridized carbons (Fsp3) is 0.111. The molecule has 0 saturated carbocycles. The average molecular weight is 369 g/mol. The summed E-state index contributed by atoms with van der Waals surface area (Å²) in [6.07, 6.45) is 0. The second-order valence-corrected chi connectivity index (χ2v) is 7.49. The zero-order valence-electron chi connectivity index (χ0n) is 13.4. The van der Waals surface area contributed by atoms with Crippen molar-refractivity contribution in [3.05, 3.63) is 71.3 Å². The van der Waals surface area contributed by atoms with Crippen molar-refractivity contribution in [2.75, 3.05) is 11.1 Å². The molecule has 0 aliphatic heterocycles. The van der Waals surface area contributed by atoms with Crippen molar-refractivity contribution in [2.24, 2.45) is 0 Å². The van der Waals surface area contributed by atoms with Gasteiger partial charge in [-0.25, -0.2) is 0 Å². The van der Waals surface area contributed by atoms with Gasteiger partial charge in [-0.15, -0.1) is 10.2 Å². The first-order valence-electron chi connectivity index (χ1n) is 7.65. The van der Waals surface area contributed by atoms with Gasteiger partial charge in [0, 0.05) is 11.1 Å². The Morgan fingerprint density at radius 1 is 1.00 bits per heavy atom. The summed E-state index contributed by atoms with van der Waals surface area (Å²) < 4.78 is 0.798. The van der Waals surface area contributed by atoms with Crippen molar-refractivity contribution in [1.29, 1.82) is 0 Å². The minimum atomic E-state index is -0.371. The molecular formula is C18H15N3O2S2. The number of benzene rings is 2. The van der Waals surface area contributed by atoms with Gasteiger partial charge in [0.1, 0.15) is 0 Å². The van der Waals surface area contributed by atoms with Gasteiger partial charge in [0.05, 0.1) is 5.56 Å². The van der Waals surface area contributed by atoms with Crippen LogP contribution < -0.4 is 5.32 Å². The number of nitrogens with one attached hydrogen (secondary N) is 1. The molecule has 0 spiro atoms. The Kier molecular flexibility index (Phi) is 5.57. The molecule has 25 heavy (non-hydrogen) atoms. The van der Waals surface area contributed by atoms with Gasteiger partial charge in [0.15, 0.2) is 10.1 Å². The normalized spacial score (nSPS) is 10.4. The second kappa shape index (κ2) is 8.04. The fourth-order valence-corrected chi connectivity index (χ4v) is 3.87. The molecule has 0 radical (unpaired) electrons. The van der Waals surface area contributed by atoms with Crippen molar-refractivity contribution >= 4 is 39.9 Å². The highest BCUT2D eigenvalue weighted by molar-refractivity contribution is 8.01. The zero-order chi connectivity index (χ0) is 17.6. The number of hydrogen-bond donors (Lipinski definition) is 1. The molecule has 7 heteroatoms. The van der Waals surface area contributed by atoms with Gasteiger partial charge in [0.25, 0.3) is 5.91 Å². The molecule has 1 aromatic heterocycles. The van der Waals surface area contributed by atoms with Crippen LogP contribution in [0.2, 0.25) is 0 Å². The molecule has 126 valence electrons. The van der Waals surface area contributed by atoms with Gasteiger partial charge >= 0.3 is 0 Å². The maximum absolute atomic E-state index is 12.7. The highest BCUT2D eigenvalue weighted by Crippen LogP contribution is 2.25. The highest BCUT2D eigenvalue weighted by atomic mass is 32.2. The van der Waals surface area contributed by atoms with Crippen molar-refractivity contribution in [1.82, 2.24) is 10.2 Å². The third-order valence-corrected chi connectivity index (χ3v) is 5.20. The molecule has 0 bridgehead atoms. The van der Waals surface area contributed by atoms with Crippen LogP contribution in [0, 0.1) is 0 Å². The predicted octanol–water partition coefficient (Wildman–Crippen LogP) is 4.13. The van der Waals surface area contributed by atoms with E-state index in [1.54, 1.807) is 60.3 Å². The monoisotopic (exact) mass is 369 g/mol. The van der Waals surface area contributed by atoms with Gasteiger partial charge in [-0.1, -0.05) is 78.6 Å². The van der Waals surface area contributed by atoms with E-state index in [4.69, 9.17) is 0 Å². The van der Waals surface area contributed by atoms with Crippen molar-refractivity contribution in [3.8, 4) is 0 Å². The van der Waals surface area contributed by atoms with Crippen LogP contribution >= 0.6 is 23.1 Å². The molecular weight excluding hydrogens is 354 g/mol. The molecule has 0 fully saturated rings. The molecule has 2 aromatic carbocycles. The van der Waals surface area contributed by atoms with Gasteiger partial charge in [-0.2, -0.15) is 0 Å². The quantitative estimate of drug-likeness (QED) is 0.402. The van der Waals surface area contributed by atoms with Crippen molar-refractivity contribution in [3.63, 3.8) is 0 Å². The number of ketones is 1. The number of carbonyl (C=O) groups excluding carboxylic acids is 2. The average Bonchev–Trinajstić information content (AvgIpc) is 3.09. The van der Waals surface area contributed by atoms with Crippen molar-refractivity contribution < 1.29 is 9.59 Å². The lowest BCUT2D eigenvalue weighted by Gasteiger charge is -2.08. The third kappa shape index (κ3) is 4.12. The first-order valence-corrected chi connectivity index (χ1v) is 9.45. The van der Waals surface area contributed by atoms with Crippen LogP contribution in [0.5, 0.6) is 0 Å². The summed E-state index contributed by atoms with van der Waals surface area (Å²) in [7, 11) is 0. The molecule has 1 amide bonds. The zero-order valence-corrected chi connectivity index (χ0v) is 15.1. The molecule has 5 nitrogen and oxygen atoms in total. The van der Waals surface area contributed by atoms with E-state index in [2.05, 4.69) is 15.5 Å². The SMILES string of the molecule is CCSc1nnc(NC(=O)c2ccccc2C(=O)c2ccccc2)s1. The molecule has 0 aliphatic rings. The maximum atomic E-state index is 12.7. The summed E-state index contributed by atoms with van der Waals surface area (Å²) >= 11 is 2.88. The Hall–Kier alpha value is -2.51. The maximum Gasteiger partial charge on any atom is 0.258 e. The molecule has 1 heterocycles. The van der Waals surface area contributed by atoms with Crippen LogP contribution in [-0.2, 0) is 0 Å². The number of anilines is 1. The van der Waals surface area contributed by atoms with Crippen LogP contribution in [0.15, 0.2) is 58.9 Å². The van der Waals surface area contributed by atoms with Gasteiger partial charge in [0.2, 0.25) is 5.13 Å². The number of hydrogen-bond acceptors (Lipinski definition) is 6. The van der Waals surface area contributed by atoms with Crippen molar-refractivity contribution in [2.45, 2.75) is 11.3 Å². The Labute approximate surface area is 153 Å². The lowest BCUT2D eigenvalue weighted by molar-refractivity contribution is 0.0996. The number of carbonyl (C=O) groups is 2. The van der Waals surface area contributed by atoms with Crippen LogP contribution in [0.4, 0.5) is 5.13 Å². The summed E-state index contributed by atoms with van der Waals surface area (Å²) in [4.78, 5) is 25.3. The Morgan fingerprint density at radius 2 is 1.68 bits per heavy atom. The minimum absolute atomic E-state index is 0.189. The van der Waals surface area contributed by atoms with Gasteiger partial charge < -0.3 is 0 Å². The summed E-state index contributed by atoms with van der Waals surface area (Å²) in [5.74, 6) is 0.326. The minimum Gasteiger partial charge on any atom is -0.296 e. The largest absolute Gasteiger partial charge is 0.296 e. The molecule has 3 rings (SSSR count). The standard InChI is InChI=1S/C18H15N3O2S2/c1-2-24-18-21-20-17(25-18)19-16(23)14-11-7-6-10-13(14)15(22)12-8-4-3-5-9-12/h3-11H,2H2,1H3,(H,19,20,23). The van der Waals surface area contributed by atoms with E-state index < -0.39 is 0 Å². The Balaban J connectivity index is 1.84. The van der Waals surface area contributed by atoms with E-state index in [-0.39, 0.29) is 11.7 Å². The molecule has 0 aliphatic carbocycles. The third-order valence-electron chi connectivity index (χ3n) is 3.35. The van der Waals surface area contributed by atoms with E-state index in [0.29, 0.717) is 21.8 Å². The van der Waals surface area contributed by atoms with Gasteiger partial charge in [-0.3, -0.25) is 14.9 Å².